The monoisotopic (exact) mass is 236 g/mol. The molecule has 0 saturated heterocycles. The van der Waals surface area contributed by atoms with Gasteiger partial charge in [0.25, 0.3) is 0 Å². The molecule has 2 rings (SSSR count). The van der Waals surface area contributed by atoms with Gasteiger partial charge >= 0.3 is 5.97 Å². The Bertz CT molecular complexity index is 570. The number of carboxylic acid groups (broad SMARTS) is 1. The van der Waals surface area contributed by atoms with Gasteiger partial charge in [-0.2, -0.15) is 5.10 Å². The Balaban J connectivity index is 2.55. The van der Waals surface area contributed by atoms with E-state index < -0.39 is 5.97 Å². The molecule has 0 amide bonds. The minimum absolute atomic E-state index is 0.0327. The van der Waals surface area contributed by atoms with Crippen molar-refractivity contribution < 1.29 is 14.6 Å². The van der Waals surface area contributed by atoms with Gasteiger partial charge in [0.1, 0.15) is 17.1 Å². The lowest BCUT2D eigenvalue weighted by Crippen LogP contribution is -1.97. The molecule has 2 aromatic heterocycles. The van der Waals surface area contributed by atoms with Gasteiger partial charge in [0.2, 0.25) is 5.88 Å². The van der Waals surface area contributed by atoms with Crippen LogP contribution in [0, 0.1) is 6.92 Å². The van der Waals surface area contributed by atoms with Crippen molar-refractivity contribution in [1.82, 2.24) is 19.7 Å². The first-order chi connectivity index (χ1) is 8.04. The molecule has 7 nitrogen and oxygen atoms in total. The molecule has 0 bridgehead atoms. The van der Waals surface area contributed by atoms with E-state index in [0.29, 0.717) is 17.3 Å². The Kier molecular flexibility index (Phi) is 2.58. The van der Waals surface area contributed by atoms with E-state index in [4.69, 9.17) is 9.84 Å². The zero-order chi connectivity index (χ0) is 12.6. The van der Waals surface area contributed by atoms with E-state index in [9.17, 15) is 4.79 Å². The Labute approximate surface area is 97.1 Å². The minimum atomic E-state index is -1.05. The number of nitrogens with one attached hydrogen (secondary N) is 1. The highest BCUT2D eigenvalue weighted by atomic mass is 16.5. The number of nitrogens with zero attached hydrogens (tertiary/aromatic N) is 3. The van der Waals surface area contributed by atoms with E-state index in [2.05, 4.69) is 15.1 Å². The van der Waals surface area contributed by atoms with Crippen molar-refractivity contribution in [3.05, 3.63) is 17.6 Å². The summed E-state index contributed by atoms with van der Waals surface area (Å²) in [4.78, 5) is 17.5. The molecule has 0 atom stereocenters. The highest BCUT2D eigenvalue weighted by molar-refractivity contribution is 5.86. The zero-order valence-electron chi connectivity index (χ0n) is 9.68. The number of carbonyl (C=O) groups is 1. The molecular weight excluding hydrogens is 224 g/mol. The number of aromatic nitrogens is 4. The Morgan fingerprint density at radius 1 is 1.59 bits per heavy atom. The molecule has 0 aliphatic rings. The molecule has 0 aliphatic carbocycles. The first-order valence-corrected chi connectivity index (χ1v) is 4.91. The third kappa shape index (κ3) is 1.75. The van der Waals surface area contributed by atoms with Crippen LogP contribution in [-0.4, -0.2) is 37.9 Å². The maximum Gasteiger partial charge on any atom is 0.353 e. The second kappa shape index (κ2) is 3.93. The average Bonchev–Trinajstić information content (AvgIpc) is 2.82. The lowest BCUT2D eigenvalue weighted by atomic mass is 10.2. The van der Waals surface area contributed by atoms with Crippen LogP contribution in [0.2, 0.25) is 0 Å². The molecule has 0 aromatic carbocycles. The summed E-state index contributed by atoms with van der Waals surface area (Å²) in [7, 11) is 3.28. The maximum atomic E-state index is 10.8. The van der Waals surface area contributed by atoms with Gasteiger partial charge in [-0.05, 0) is 6.92 Å². The average molecular weight is 236 g/mol. The van der Waals surface area contributed by atoms with Crippen molar-refractivity contribution in [2.45, 2.75) is 6.92 Å². The van der Waals surface area contributed by atoms with Crippen molar-refractivity contribution in [1.29, 1.82) is 0 Å². The van der Waals surface area contributed by atoms with Crippen molar-refractivity contribution >= 4 is 5.97 Å². The normalized spacial score (nSPS) is 10.5. The second-order valence-corrected chi connectivity index (χ2v) is 3.54. The molecule has 0 unspecified atom stereocenters. The van der Waals surface area contributed by atoms with Crippen LogP contribution in [-0.2, 0) is 7.05 Å². The fourth-order valence-electron chi connectivity index (χ4n) is 1.70. The molecule has 2 N–H and O–H groups in total. The topological polar surface area (TPSA) is 93.0 Å². The molecule has 0 saturated carbocycles. The molecule has 0 aliphatic heterocycles. The highest BCUT2D eigenvalue weighted by Crippen LogP contribution is 2.30. The predicted octanol–water partition coefficient (Wildman–Crippen LogP) is 0.825. The van der Waals surface area contributed by atoms with Crippen LogP contribution in [0.4, 0.5) is 0 Å². The van der Waals surface area contributed by atoms with Gasteiger partial charge in [0, 0.05) is 7.05 Å². The van der Waals surface area contributed by atoms with Gasteiger partial charge in [-0.25, -0.2) is 14.5 Å². The van der Waals surface area contributed by atoms with E-state index in [1.54, 1.807) is 18.7 Å². The van der Waals surface area contributed by atoms with Gasteiger partial charge in [0.15, 0.2) is 0 Å². The molecule has 0 fully saturated rings. The van der Waals surface area contributed by atoms with Crippen molar-refractivity contribution in [3.63, 3.8) is 0 Å². The summed E-state index contributed by atoms with van der Waals surface area (Å²) in [6.45, 7) is 1.81. The van der Waals surface area contributed by atoms with Gasteiger partial charge in [0.05, 0.1) is 19.0 Å². The van der Waals surface area contributed by atoms with Crippen LogP contribution in [0.3, 0.4) is 0 Å². The van der Waals surface area contributed by atoms with E-state index in [1.165, 1.54) is 13.3 Å². The van der Waals surface area contributed by atoms with Gasteiger partial charge in [-0.1, -0.05) is 0 Å². The first-order valence-electron chi connectivity index (χ1n) is 4.91. The van der Waals surface area contributed by atoms with Gasteiger partial charge in [-0.3, -0.25) is 0 Å². The predicted molar refractivity (Wildman–Crippen MR) is 59.0 cm³/mol. The third-order valence-electron chi connectivity index (χ3n) is 2.41. The quantitative estimate of drug-likeness (QED) is 0.823. The first kappa shape index (κ1) is 11.2. The van der Waals surface area contributed by atoms with E-state index in [-0.39, 0.29) is 5.69 Å². The molecule has 90 valence electrons. The summed E-state index contributed by atoms with van der Waals surface area (Å²) in [6, 6.07) is 0. The fraction of sp³-hybridized carbons (Fsp3) is 0.300. The number of imidazole rings is 1. The fourth-order valence-corrected chi connectivity index (χ4v) is 1.70. The summed E-state index contributed by atoms with van der Waals surface area (Å²) in [6.07, 6.45) is 1.27. The molecule has 7 heteroatoms. The van der Waals surface area contributed by atoms with Crippen LogP contribution in [0.1, 0.15) is 16.2 Å². The van der Waals surface area contributed by atoms with Crippen LogP contribution < -0.4 is 4.74 Å². The van der Waals surface area contributed by atoms with Gasteiger partial charge < -0.3 is 14.8 Å². The van der Waals surface area contributed by atoms with Crippen LogP contribution in [0.5, 0.6) is 5.88 Å². The lowest BCUT2D eigenvalue weighted by molar-refractivity contribution is 0.0691. The summed E-state index contributed by atoms with van der Waals surface area (Å²) in [5, 5.41) is 13.0. The Morgan fingerprint density at radius 2 is 2.29 bits per heavy atom. The summed E-state index contributed by atoms with van der Waals surface area (Å²) in [5.74, 6) is -0.0806. The van der Waals surface area contributed by atoms with Crippen molar-refractivity contribution in [2.75, 3.05) is 7.11 Å². The van der Waals surface area contributed by atoms with Gasteiger partial charge in [-0.15, -0.1) is 0 Å². The molecular formula is C10H12N4O3. The van der Waals surface area contributed by atoms with E-state index >= 15 is 0 Å². The number of ether oxygens (including phenoxy) is 1. The SMILES string of the molecule is COc1c(-c2ncc(C(=O)O)[nH]2)c(C)nn1C. The number of H-pyrrole nitrogens is 1. The molecule has 17 heavy (non-hydrogen) atoms. The molecule has 0 spiro atoms. The lowest BCUT2D eigenvalue weighted by Gasteiger charge is -2.01. The molecule has 2 heterocycles. The molecule has 2 aromatic rings. The summed E-state index contributed by atoms with van der Waals surface area (Å²) >= 11 is 0. The van der Waals surface area contributed by atoms with Crippen LogP contribution in [0.15, 0.2) is 6.20 Å². The number of hydrogen-bond acceptors (Lipinski definition) is 4. The Morgan fingerprint density at radius 3 is 2.82 bits per heavy atom. The smallest absolute Gasteiger partial charge is 0.353 e. The maximum absolute atomic E-state index is 10.8. The van der Waals surface area contributed by atoms with Crippen molar-refractivity contribution in [2.24, 2.45) is 7.05 Å². The number of hydrogen-bond donors (Lipinski definition) is 2. The Hall–Kier alpha value is -2.31. The number of methoxy groups -OCH3 is 1. The highest BCUT2D eigenvalue weighted by Gasteiger charge is 2.19. The minimum Gasteiger partial charge on any atom is -0.481 e. The van der Waals surface area contributed by atoms with Crippen LogP contribution >= 0.6 is 0 Å². The van der Waals surface area contributed by atoms with E-state index in [0.717, 1.165) is 5.69 Å². The number of aromatic amines is 1. The molecule has 0 radical (unpaired) electrons. The van der Waals surface area contributed by atoms with Crippen LogP contribution in [0.25, 0.3) is 11.4 Å². The zero-order valence-corrected chi connectivity index (χ0v) is 9.68. The standard InChI is InChI=1S/C10H12N4O3/c1-5-7(9(17-3)14(2)13-5)8-11-4-6(12-8)10(15)16/h4H,1-3H3,(H,11,12)(H,15,16). The summed E-state index contributed by atoms with van der Waals surface area (Å²) in [5.41, 5.74) is 1.42. The number of rotatable bonds is 3. The van der Waals surface area contributed by atoms with E-state index in [1.807, 2.05) is 0 Å². The summed E-state index contributed by atoms with van der Waals surface area (Å²) < 4.78 is 6.79. The third-order valence-corrected chi connectivity index (χ3v) is 2.41. The second-order valence-electron chi connectivity index (χ2n) is 3.54. The number of carboxylic acids is 1. The largest absolute Gasteiger partial charge is 0.481 e. The number of aryl methyl sites for hydroxylation is 2. The van der Waals surface area contributed by atoms with Crippen molar-refractivity contribution in [3.8, 4) is 17.3 Å². The number of aromatic carboxylic acids is 1.